The van der Waals surface area contributed by atoms with Crippen LogP contribution in [0.5, 0.6) is 5.75 Å². The molecule has 1 heterocycles. The van der Waals surface area contributed by atoms with Crippen LogP contribution in [0.3, 0.4) is 0 Å². The van der Waals surface area contributed by atoms with E-state index in [9.17, 15) is 26.8 Å². The van der Waals surface area contributed by atoms with E-state index in [2.05, 4.69) is 0 Å². The summed E-state index contributed by atoms with van der Waals surface area (Å²) in [4.78, 5) is 23.8. The van der Waals surface area contributed by atoms with Crippen molar-refractivity contribution in [1.29, 1.82) is 0 Å². The molecule has 0 spiro atoms. The zero-order valence-electron chi connectivity index (χ0n) is 16.4. The second-order valence-corrected chi connectivity index (χ2v) is 9.28. The van der Waals surface area contributed by atoms with Gasteiger partial charge in [-0.15, -0.1) is 0 Å². The van der Waals surface area contributed by atoms with Crippen molar-refractivity contribution < 1.29 is 36.6 Å². The van der Waals surface area contributed by atoms with Gasteiger partial charge in [0.05, 0.1) is 12.0 Å². The van der Waals surface area contributed by atoms with Crippen molar-refractivity contribution in [2.45, 2.75) is 16.1 Å². The average molecular weight is 451 g/mol. The first kappa shape index (κ1) is 22.4. The number of carboxylic acid groups (broad SMARTS) is 1. The fourth-order valence-corrected chi connectivity index (χ4v) is 5.88. The van der Waals surface area contributed by atoms with Crippen molar-refractivity contribution in [3.63, 3.8) is 0 Å². The predicted octanol–water partition coefficient (Wildman–Crippen LogP) is 2.92. The van der Waals surface area contributed by atoms with Gasteiger partial charge in [-0.1, -0.05) is 30.3 Å². The molecule has 0 bridgehead atoms. The lowest BCUT2D eigenvalue weighted by Crippen LogP contribution is -2.39. The topological polar surface area (TPSA) is 101 Å². The molecule has 164 valence electrons. The van der Waals surface area contributed by atoms with Gasteiger partial charge in [0, 0.05) is 13.1 Å². The number of carboxylic acids is 1. The number of hydrogen-bond donors (Lipinski definition) is 1. The fourth-order valence-electron chi connectivity index (χ4n) is 3.76. The van der Waals surface area contributed by atoms with Crippen LogP contribution in [0.1, 0.15) is 17.5 Å². The first-order valence-electron chi connectivity index (χ1n) is 9.14. The molecule has 7 nitrogen and oxygen atoms in total. The summed E-state index contributed by atoms with van der Waals surface area (Å²) in [7, 11) is -2.65. The Kier molecular flexibility index (Phi) is 6.12. The summed E-state index contributed by atoms with van der Waals surface area (Å²) < 4.78 is 57.1. The summed E-state index contributed by atoms with van der Waals surface area (Å²) in [6.07, 6.45) is -1.71. The molecule has 1 unspecified atom stereocenters. The molecule has 0 aliphatic carbocycles. The number of amides is 1. The Morgan fingerprint density at radius 2 is 1.87 bits per heavy atom. The number of aliphatic carboxylic acids is 1. The third-order valence-corrected chi connectivity index (χ3v) is 7.85. The molecule has 1 aliphatic heterocycles. The van der Waals surface area contributed by atoms with E-state index in [-0.39, 0.29) is 35.5 Å². The highest BCUT2D eigenvalue weighted by Gasteiger charge is 2.51. The molecular weight excluding hydrogens is 432 g/mol. The number of carbonyl (C=O) groups is 2. The van der Waals surface area contributed by atoms with Crippen LogP contribution in [0.25, 0.3) is 5.57 Å². The zero-order chi connectivity index (χ0) is 22.8. The van der Waals surface area contributed by atoms with Crippen LogP contribution in [0.15, 0.2) is 59.5 Å². The lowest BCUT2D eigenvalue weighted by Gasteiger charge is -2.29. The van der Waals surface area contributed by atoms with E-state index in [0.29, 0.717) is 12.2 Å². The van der Waals surface area contributed by atoms with E-state index in [1.165, 1.54) is 42.3 Å². The minimum atomic E-state index is -4.05. The molecule has 2 aromatic carbocycles. The largest absolute Gasteiger partial charge is 0.497 e. The van der Waals surface area contributed by atoms with Gasteiger partial charge in [0.25, 0.3) is 6.08 Å². The van der Waals surface area contributed by atoms with Crippen LogP contribution in [0, 0.1) is 0 Å². The van der Waals surface area contributed by atoms with Crippen molar-refractivity contribution >= 4 is 27.8 Å². The van der Waals surface area contributed by atoms with Gasteiger partial charge in [0.1, 0.15) is 16.1 Å². The number of nitrogens with zero attached hydrogens (tertiary/aromatic N) is 1. The molecule has 10 heteroatoms. The number of ether oxygens (including phenoxy) is 1. The minimum absolute atomic E-state index is 0.00963. The van der Waals surface area contributed by atoms with Crippen LogP contribution >= 0.6 is 0 Å². The predicted molar refractivity (Wildman–Crippen MR) is 107 cm³/mol. The molecule has 1 N–H and O–H groups in total. The van der Waals surface area contributed by atoms with Crippen LogP contribution in [-0.2, 0) is 24.2 Å². The van der Waals surface area contributed by atoms with Gasteiger partial charge in [-0.2, -0.15) is 8.78 Å². The Bertz CT molecular complexity index is 1140. The highest BCUT2D eigenvalue weighted by Crippen LogP contribution is 2.43. The van der Waals surface area contributed by atoms with E-state index in [4.69, 9.17) is 9.84 Å². The van der Waals surface area contributed by atoms with E-state index >= 15 is 0 Å². The third-order valence-electron chi connectivity index (χ3n) is 5.38. The Morgan fingerprint density at radius 1 is 1.19 bits per heavy atom. The van der Waals surface area contributed by atoms with Gasteiger partial charge in [0.2, 0.25) is 6.41 Å². The molecular formula is C21H19F2NO6S. The number of sulfone groups is 1. The average Bonchev–Trinajstić information content (AvgIpc) is 3.20. The van der Waals surface area contributed by atoms with Crippen molar-refractivity contribution in [3.05, 3.63) is 65.7 Å². The normalized spacial score (nSPS) is 18.5. The van der Waals surface area contributed by atoms with Gasteiger partial charge in [-0.05, 0) is 35.7 Å². The molecule has 1 amide bonds. The number of hydrogen-bond acceptors (Lipinski definition) is 5. The van der Waals surface area contributed by atoms with E-state index in [1.54, 1.807) is 6.07 Å². The van der Waals surface area contributed by atoms with Gasteiger partial charge < -0.3 is 14.7 Å². The van der Waals surface area contributed by atoms with Crippen molar-refractivity contribution in [3.8, 4) is 5.75 Å². The highest BCUT2D eigenvalue weighted by atomic mass is 32.2. The second kappa shape index (κ2) is 8.46. The summed E-state index contributed by atoms with van der Waals surface area (Å²) in [5, 5.41) is 9.03. The molecule has 1 aliphatic rings. The standard InChI is InChI=1S/C21H19F2NO6S/c1-30-16-3-2-4-17(11-16)31(28,29)21(9-10-24(12-21)13-25)15-7-5-14(6-8-15)18(19(22)23)20(26)27/h2-8,11,13H,9-10,12H2,1H3,(H,26,27). The van der Waals surface area contributed by atoms with E-state index in [0.717, 1.165) is 12.1 Å². The molecule has 1 saturated heterocycles. The van der Waals surface area contributed by atoms with Gasteiger partial charge in [0.15, 0.2) is 9.84 Å². The van der Waals surface area contributed by atoms with Gasteiger partial charge in [-0.25, -0.2) is 13.2 Å². The zero-order valence-corrected chi connectivity index (χ0v) is 17.2. The molecule has 3 rings (SSSR count). The van der Waals surface area contributed by atoms with Crippen molar-refractivity contribution in [1.82, 2.24) is 4.90 Å². The number of benzene rings is 2. The first-order chi connectivity index (χ1) is 14.7. The summed E-state index contributed by atoms with van der Waals surface area (Å²) in [6.45, 7) is 0.0579. The molecule has 0 aromatic heterocycles. The van der Waals surface area contributed by atoms with Crippen LogP contribution in [0.2, 0.25) is 0 Å². The Balaban J connectivity index is 2.15. The fraction of sp³-hybridized carbons (Fsp3) is 0.238. The molecule has 1 fully saturated rings. The number of halogens is 2. The monoisotopic (exact) mass is 451 g/mol. The Hall–Kier alpha value is -3.27. The molecule has 2 aromatic rings. The van der Waals surface area contributed by atoms with Crippen LogP contribution in [0.4, 0.5) is 8.78 Å². The smallest absolute Gasteiger partial charge is 0.341 e. The third kappa shape index (κ3) is 3.90. The molecule has 1 atom stereocenters. The summed E-state index contributed by atoms with van der Waals surface area (Å²) in [5.74, 6) is -1.45. The Morgan fingerprint density at radius 3 is 2.39 bits per heavy atom. The van der Waals surface area contributed by atoms with E-state index < -0.39 is 32.2 Å². The number of methoxy groups -OCH3 is 1. The van der Waals surface area contributed by atoms with Gasteiger partial charge >= 0.3 is 5.97 Å². The first-order valence-corrected chi connectivity index (χ1v) is 10.6. The quantitative estimate of drug-likeness (QED) is 0.513. The van der Waals surface area contributed by atoms with E-state index in [1.807, 2.05) is 0 Å². The maximum atomic E-state index is 13.7. The molecule has 31 heavy (non-hydrogen) atoms. The van der Waals surface area contributed by atoms with Crippen molar-refractivity contribution in [2.24, 2.45) is 0 Å². The second-order valence-electron chi connectivity index (χ2n) is 7.02. The molecule has 0 radical (unpaired) electrons. The highest BCUT2D eigenvalue weighted by molar-refractivity contribution is 7.92. The van der Waals surface area contributed by atoms with Crippen LogP contribution < -0.4 is 4.74 Å². The lowest BCUT2D eigenvalue weighted by molar-refractivity contribution is -0.130. The van der Waals surface area contributed by atoms with Crippen molar-refractivity contribution in [2.75, 3.05) is 20.2 Å². The number of rotatable bonds is 7. The summed E-state index contributed by atoms with van der Waals surface area (Å²) in [6, 6.07) is 10.8. The lowest BCUT2D eigenvalue weighted by atomic mass is 9.94. The SMILES string of the molecule is COc1cccc(S(=O)(=O)C2(c3ccc(C(C(=O)O)=C(F)F)cc3)CCN(C=O)C2)c1. The summed E-state index contributed by atoms with van der Waals surface area (Å²) in [5.41, 5.74) is -1.14. The minimum Gasteiger partial charge on any atom is -0.497 e. The van der Waals surface area contributed by atoms with Gasteiger partial charge in [-0.3, -0.25) is 4.79 Å². The maximum absolute atomic E-state index is 13.7. The Labute approximate surface area is 177 Å². The number of likely N-dealkylation sites (tertiary alicyclic amines) is 1. The number of carbonyl (C=O) groups excluding carboxylic acids is 1. The molecule has 0 saturated carbocycles. The maximum Gasteiger partial charge on any atom is 0.341 e. The summed E-state index contributed by atoms with van der Waals surface area (Å²) >= 11 is 0. The van der Waals surface area contributed by atoms with Crippen LogP contribution in [-0.4, -0.2) is 51.0 Å².